The quantitative estimate of drug-likeness (QED) is 0.726. The van der Waals surface area contributed by atoms with Crippen LogP contribution in [-0.2, 0) is 4.79 Å². The van der Waals surface area contributed by atoms with E-state index in [9.17, 15) is 9.59 Å². The zero-order chi connectivity index (χ0) is 12.3. The molecule has 6 nitrogen and oxygen atoms in total. The van der Waals surface area contributed by atoms with Crippen molar-refractivity contribution in [3.8, 4) is 0 Å². The molecule has 2 rings (SSSR count). The van der Waals surface area contributed by atoms with Crippen molar-refractivity contribution in [3.05, 3.63) is 0 Å². The van der Waals surface area contributed by atoms with Crippen molar-refractivity contribution in [1.29, 1.82) is 0 Å². The van der Waals surface area contributed by atoms with E-state index >= 15 is 0 Å². The number of aliphatic carboxylic acids is 1. The van der Waals surface area contributed by atoms with Gasteiger partial charge in [0.2, 0.25) is 0 Å². The van der Waals surface area contributed by atoms with Crippen LogP contribution in [0.15, 0.2) is 0 Å². The molecule has 2 fully saturated rings. The van der Waals surface area contributed by atoms with Gasteiger partial charge in [0.15, 0.2) is 0 Å². The number of urea groups is 1. The number of carbonyl (C=O) groups is 2. The summed E-state index contributed by atoms with van der Waals surface area (Å²) < 4.78 is 0. The van der Waals surface area contributed by atoms with E-state index in [4.69, 9.17) is 5.11 Å². The van der Waals surface area contributed by atoms with Gasteiger partial charge in [-0.25, -0.2) is 4.79 Å². The van der Waals surface area contributed by atoms with Crippen molar-refractivity contribution in [2.75, 3.05) is 32.7 Å². The molecule has 2 N–H and O–H groups in total. The average Bonchev–Trinajstić information content (AvgIpc) is 2.32. The van der Waals surface area contributed by atoms with Crippen LogP contribution < -0.4 is 5.32 Å². The fourth-order valence-corrected chi connectivity index (χ4v) is 2.57. The van der Waals surface area contributed by atoms with Crippen LogP contribution in [-0.4, -0.2) is 65.7 Å². The number of carboxylic acid groups (broad SMARTS) is 1. The molecule has 0 aromatic carbocycles. The van der Waals surface area contributed by atoms with E-state index < -0.39 is 5.97 Å². The van der Waals surface area contributed by atoms with E-state index in [1.54, 1.807) is 0 Å². The van der Waals surface area contributed by atoms with Gasteiger partial charge in [-0.05, 0) is 32.4 Å². The fourth-order valence-electron chi connectivity index (χ4n) is 2.57. The number of rotatable bonds is 3. The fraction of sp³-hybridized carbons (Fsp3) is 0.818. The molecule has 0 radical (unpaired) electrons. The molecule has 0 aromatic rings. The van der Waals surface area contributed by atoms with Crippen LogP contribution >= 0.6 is 0 Å². The Morgan fingerprint density at radius 1 is 1.35 bits per heavy atom. The minimum atomic E-state index is -0.939. The SMILES string of the molecule is O=C(O)CN1CCCN(C2CCNCC2)C1=O. The number of piperidine rings is 1. The predicted molar refractivity (Wildman–Crippen MR) is 61.8 cm³/mol. The lowest BCUT2D eigenvalue weighted by Gasteiger charge is -2.41. The van der Waals surface area contributed by atoms with Crippen LogP contribution in [0, 0.1) is 0 Å². The summed E-state index contributed by atoms with van der Waals surface area (Å²) in [6.07, 6.45) is 2.79. The smallest absolute Gasteiger partial charge is 0.323 e. The molecule has 0 aliphatic carbocycles. The van der Waals surface area contributed by atoms with E-state index in [0.717, 1.165) is 38.9 Å². The normalized spacial score (nSPS) is 22.9. The first-order valence-corrected chi connectivity index (χ1v) is 6.16. The molecular formula is C11H19N3O3. The standard InChI is InChI=1S/C11H19N3O3/c15-10(16)8-13-6-1-7-14(11(13)17)9-2-4-12-5-3-9/h9,12H,1-8H2,(H,15,16). The summed E-state index contributed by atoms with van der Waals surface area (Å²) in [5.74, 6) is -0.939. The average molecular weight is 241 g/mol. The number of amides is 2. The summed E-state index contributed by atoms with van der Waals surface area (Å²) in [6, 6.07) is 0.172. The molecule has 17 heavy (non-hydrogen) atoms. The first kappa shape index (κ1) is 12.2. The van der Waals surface area contributed by atoms with Crippen molar-refractivity contribution in [2.24, 2.45) is 0 Å². The van der Waals surface area contributed by atoms with Crippen LogP contribution in [0.3, 0.4) is 0 Å². The van der Waals surface area contributed by atoms with Crippen LogP contribution in [0.4, 0.5) is 4.79 Å². The summed E-state index contributed by atoms with van der Waals surface area (Å²) in [7, 11) is 0. The molecule has 2 aliphatic heterocycles. The highest BCUT2D eigenvalue weighted by Crippen LogP contribution is 2.18. The van der Waals surface area contributed by atoms with Crippen molar-refractivity contribution in [3.63, 3.8) is 0 Å². The molecule has 0 aromatic heterocycles. The van der Waals surface area contributed by atoms with E-state index in [2.05, 4.69) is 5.32 Å². The molecule has 0 spiro atoms. The van der Waals surface area contributed by atoms with Gasteiger partial charge in [-0.1, -0.05) is 0 Å². The third-order valence-corrected chi connectivity index (χ3v) is 3.42. The minimum absolute atomic E-state index is 0.106. The Hall–Kier alpha value is -1.30. The monoisotopic (exact) mass is 241 g/mol. The Morgan fingerprint density at radius 2 is 2.06 bits per heavy atom. The summed E-state index contributed by atoms with van der Waals surface area (Å²) in [4.78, 5) is 26.1. The first-order chi connectivity index (χ1) is 8.18. The zero-order valence-electron chi connectivity index (χ0n) is 9.89. The third-order valence-electron chi connectivity index (χ3n) is 3.42. The number of carboxylic acids is 1. The second-order valence-corrected chi connectivity index (χ2v) is 4.63. The van der Waals surface area contributed by atoms with Gasteiger partial charge in [0.1, 0.15) is 6.54 Å². The van der Waals surface area contributed by atoms with Gasteiger partial charge in [0.05, 0.1) is 0 Å². The molecule has 0 unspecified atom stereocenters. The third kappa shape index (κ3) is 2.88. The van der Waals surface area contributed by atoms with E-state index in [0.29, 0.717) is 6.54 Å². The molecule has 6 heteroatoms. The van der Waals surface area contributed by atoms with Crippen molar-refractivity contribution in [2.45, 2.75) is 25.3 Å². The number of nitrogens with one attached hydrogen (secondary N) is 1. The van der Waals surface area contributed by atoms with Gasteiger partial charge in [-0.15, -0.1) is 0 Å². The Morgan fingerprint density at radius 3 is 2.71 bits per heavy atom. The largest absolute Gasteiger partial charge is 0.480 e. The topological polar surface area (TPSA) is 72.9 Å². The molecule has 2 amide bonds. The number of hydrogen-bond donors (Lipinski definition) is 2. The number of carbonyl (C=O) groups excluding carboxylic acids is 1. The van der Waals surface area contributed by atoms with Gasteiger partial charge in [-0.2, -0.15) is 0 Å². The zero-order valence-corrected chi connectivity index (χ0v) is 9.89. The maximum absolute atomic E-state index is 12.1. The van der Waals surface area contributed by atoms with Crippen molar-refractivity contribution in [1.82, 2.24) is 15.1 Å². The Balaban J connectivity index is 1.97. The molecule has 0 saturated carbocycles. The van der Waals surface area contributed by atoms with E-state index in [1.807, 2.05) is 4.90 Å². The molecule has 2 aliphatic rings. The summed E-state index contributed by atoms with van der Waals surface area (Å²) in [5.41, 5.74) is 0. The minimum Gasteiger partial charge on any atom is -0.480 e. The van der Waals surface area contributed by atoms with Crippen LogP contribution in [0.2, 0.25) is 0 Å². The van der Waals surface area contributed by atoms with Crippen molar-refractivity contribution < 1.29 is 14.7 Å². The Bertz CT molecular complexity index is 302. The molecule has 96 valence electrons. The summed E-state index contributed by atoms with van der Waals surface area (Å²) in [5, 5.41) is 12.0. The maximum Gasteiger partial charge on any atom is 0.323 e. The second-order valence-electron chi connectivity index (χ2n) is 4.63. The summed E-state index contributed by atoms with van der Waals surface area (Å²) in [6.45, 7) is 3.02. The van der Waals surface area contributed by atoms with Gasteiger partial charge >= 0.3 is 12.0 Å². The number of nitrogens with zero attached hydrogens (tertiary/aromatic N) is 2. The molecular weight excluding hydrogens is 222 g/mol. The Labute approximate surface area is 101 Å². The second kappa shape index (κ2) is 5.35. The van der Waals surface area contributed by atoms with Gasteiger partial charge in [-0.3, -0.25) is 4.79 Å². The number of hydrogen-bond acceptors (Lipinski definition) is 3. The predicted octanol–water partition coefficient (Wildman–Crippen LogP) is -0.0493. The Kier molecular flexibility index (Phi) is 3.83. The van der Waals surface area contributed by atoms with E-state index in [1.165, 1.54) is 4.90 Å². The highest BCUT2D eigenvalue weighted by atomic mass is 16.4. The molecule has 2 heterocycles. The van der Waals surface area contributed by atoms with E-state index in [-0.39, 0.29) is 18.6 Å². The van der Waals surface area contributed by atoms with Crippen LogP contribution in [0.1, 0.15) is 19.3 Å². The van der Waals surface area contributed by atoms with Gasteiger partial charge in [0, 0.05) is 19.1 Å². The van der Waals surface area contributed by atoms with Gasteiger partial charge < -0.3 is 20.2 Å². The highest BCUT2D eigenvalue weighted by molar-refractivity contribution is 5.81. The lowest BCUT2D eigenvalue weighted by molar-refractivity contribution is -0.138. The lowest BCUT2D eigenvalue weighted by Crippen LogP contribution is -2.56. The highest BCUT2D eigenvalue weighted by Gasteiger charge is 2.32. The summed E-state index contributed by atoms with van der Waals surface area (Å²) >= 11 is 0. The van der Waals surface area contributed by atoms with Crippen LogP contribution in [0.5, 0.6) is 0 Å². The lowest BCUT2D eigenvalue weighted by atomic mass is 10.0. The molecule has 0 atom stereocenters. The molecule has 0 bridgehead atoms. The first-order valence-electron chi connectivity index (χ1n) is 6.16. The maximum atomic E-state index is 12.1. The van der Waals surface area contributed by atoms with Crippen LogP contribution in [0.25, 0.3) is 0 Å². The van der Waals surface area contributed by atoms with Crippen molar-refractivity contribution >= 4 is 12.0 Å². The van der Waals surface area contributed by atoms with Gasteiger partial charge in [0.25, 0.3) is 0 Å². The molecule has 2 saturated heterocycles.